The van der Waals surface area contributed by atoms with E-state index in [0.717, 1.165) is 11.1 Å². The quantitative estimate of drug-likeness (QED) is 0.333. The molecule has 2 atom stereocenters. The number of carboxylic acids is 1. The van der Waals surface area contributed by atoms with Crippen LogP contribution in [0.1, 0.15) is 30.9 Å². The van der Waals surface area contributed by atoms with Crippen molar-refractivity contribution >= 4 is 34.2 Å². The van der Waals surface area contributed by atoms with Crippen LogP contribution in [0, 0.1) is 0 Å². The molecule has 3 rings (SSSR count). The molecule has 0 radical (unpaired) electrons. The number of aliphatic carboxylic acids is 1. The van der Waals surface area contributed by atoms with Gasteiger partial charge in [0.15, 0.2) is 0 Å². The highest BCUT2D eigenvalue weighted by Crippen LogP contribution is 2.15. The Labute approximate surface area is 200 Å². The molecule has 1 aliphatic heterocycles. The average molecular weight is 485 g/mol. The molecule has 1 aliphatic rings. The van der Waals surface area contributed by atoms with Gasteiger partial charge in [-0.15, -0.1) is 4.47 Å². The summed E-state index contributed by atoms with van der Waals surface area (Å²) in [5.41, 5.74) is 2.48. The Bertz CT molecular complexity index is 1070. The Balaban J connectivity index is 1.46. The molecule has 0 bridgehead atoms. The van der Waals surface area contributed by atoms with Gasteiger partial charge in [0.2, 0.25) is 11.8 Å². The minimum atomic E-state index is -1.10. The number of ether oxygens (including phenoxy) is 1. The minimum absolute atomic E-state index is 0.0339. The van der Waals surface area contributed by atoms with E-state index in [0.29, 0.717) is 36.1 Å². The lowest BCUT2D eigenvalue weighted by Gasteiger charge is -2.15. The lowest BCUT2D eigenvalue weighted by Crippen LogP contribution is -2.42. The van der Waals surface area contributed by atoms with Crippen LogP contribution < -0.4 is 15.4 Å². The van der Waals surface area contributed by atoms with E-state index in [1.165, 1.54) is 0 Å². The first-order chi connectivity index (χ1) is 16.4. The van der Waals surface area contributed by atoms with E-state index in [1.807, 2.05) is 30.3 Å². The standard InChI is InChI=1S/C24H28N4O5S/c1-17(27-28-34-15-23(30)25-16-34)7-12-22(29)26-21(24(31)32)13-18-8-10-20(11-9-18)33-14-19-5-3-2-4-6-19/h2-6,8-11,21H,7,12-16H2,1H3,(H,25,30)(H,26,29)(H,31,32)/b27-17+. The van der Waals surface area contributed by atoms with Crippen LogP contribution in [0.3, 0.4) is 0 Å². The molecule has 0 spiro atoms. The van der Waals surface area contributed by atoms with Gasteiger partial charge in [-0.3, -0.25) is 9.59 Å². The highest BCUT2D eigenvalue weighted by molar-refractivity contribution is 7.88. The lowest BCUT2D eigenvalue weighted by molar-refractivity contribution is -0.141. The zero-order valence-electron chi connectivity index (χ0n) is 18.9. The molecule has 0 aromatic heterocycles. The molecule has 2 aromatic rings. The van der Waals surface area contributed by atoms with E-state index in [-0.39, 0.29) is 24.7 Å². The molecule has 3 N–H and O–H groups in total. The number of carbonyl (C=O) groups excluding carboxylic acids is 2. The van der Waals surface area contributed by atoms with Crippen LogP contribution in [0.5, 0.6) is 5.75 Å². The van der Waals surface area contributed by atoms with Crippen LogP contribution in [0.4, 0.5) is 0 Å². The number of carboxylic acid groups (broad SMARTS) is 1. The van der Waals surface area contributed by atoms with E-state index in [1.54, 1.807) is 31.2 Å². The van der Waals surface area contributed by atoms with Gasteiger partial charge in [0.05, 0.1) is 11.6 Å². The van der Waals surface area contributed by atoms with Crippen LogP contribution in [-0.4, -0.2) is 46.3 Å². The Morgan fingerprint density at radius 3 is 2.50 bits per heavy atom. The molecule has 0 aliphatic carbocycles. The summed E-state index contributed by atoms with van der Waals surface area (Å²) in [5, 5.41) is 18.9. The second kappa shape index (κ2) is 12.6. The van der Waals surface area contributed by atoms with Crippen molar-refractivity contribution in [2.75, 3.05) is 11.6 Å². The first kappa shape index (κ1) is 25.1. The molecular formula is C24H28N4O5S. The third-order valence-corrected chi connectivity index (χ3v) is 6.40. The van der Waals surface area contributed by atoms with Crippen molar-refractivity contribution in [2.45, 2.75) is 38.8 Å². The molecule has 34 heavy (non-hydrogen) atoms. The summed E-state index contributed by atoms with van der Waals surface area (Å²) in [6.07, 6.45) is 0.617. The molecule has 0 saturated carbocycles. The number of nitrogens with one attached hydrogen (secondary N) is 2. The summed E-state index contributed by atoms with van der Waals surface area (Å²) in [6, 6.07) is 15.9. The van der Waals surface area contributed by atoms with Gasteiger partial charge < -0.3 is 20.5 Å². The van der Waals surface area contributed by atoms with Crippen molar-refractivity contribution in [3.63, 3.8) is 0 Å². The van der Waals surface area contributed by atoms with Crippen molar-refractivity contribution in [2.24, 2.45) is 9.57 Å². The van der Waals surface area contributed by atoms with Crippen LogP contribution in [-0.2, 0) is 38.1 Å². The largest absolute Gasteiger partial charge is 0.489 e. The number of nitrogens with zero attached hydrogens (tertiary/aromatic N) is 2. The van der Waals surface area contributed by atoms with Gasteiger partial charge in [-0.05, 0) is 47.3 Å². The van der Waals surface area contributed by atoms with Gasteiger partial charge in [0.1, 0.15) is 18.4 Å². The van der Waals surface area contributed by atoms with Gasteiger partial charge >= 0.3 is 5.97 Å². The van der Waals surface area contributed by atoms with Crippen molar-refractivity contribution in [1.82, 2.24) is 10.6 Å². The van der Waals surface area contributed by atoms with Gasteiger partial charge in [-0.1, -0.05) is 42.5 Å². The van der Waals surface area contributed by atoms with Crippen molar-refractivity contribution in [1.29, 1.82) is 0 Å². The number of hydrogen-bond acceptors (Lipinski definition) is 5. The van der Waals surface area contributed by atoms with Crippen LogP contribution >= 0.6 is 0 Å². The summed E-state index contributed by atoms with van der Waals surface area (Å²) in [4.78, 5) is 35.1. The molecule has 2 unspecified atom stereocenters. The normalized spacial score (nSPS) is 16.7. The maximum atomic E-state index is 12.3. The fraction of sp³-hybridized carbons (Fsp3) is 0.333. The van der Waals surface area contributed by atoms with Crippen molar-refractivity contribution in [3.8, 4) is 5.75 Å². The van der Waals surface area contributed by atoms with Gasteiger partial charge in [0, 0.05) is 18.6 Å². The summed E-state index contributed by atoms with van der Waals surface area (Å²) in [7, 11) is -0.454. The first-order valence-electron chi connectivity index (χ1n) is 10.9. The van der Waals surface area contributed by atoms with Crippen LogP contribution in [0.2, 0.25) is 0 Å². The molecule has 180 valence electrons. The molecule has 2 aromatic carbocycles. The molecule has 10 heteroatoms. The number of hydrogen-bond donors (Lipinski definition) is 3. The molecular weight excluding hydrogens is 456 g/mol. The summed E-state index contributed by atoms with van der Waals surface area (Å²) in [6.45, 7) is 2.20. The van der Waals surface area contributed by atoms with Gasteiger partial charge in [0.25, 0.3) is 0 Å². The number of carbonyl (C=O) groups is 3. The Morgan fingerprint density at radius 1 is 1.12 bits per heavy atom. The lowest BCUT2D eigenvalue weighted by atomic mass is 10.1. The van der Waals surface area contributed by atoms with E-state index < -0.39 is 22.7 Å². The fourth-order valence-corrected chi connectivity index (χ4v) is 4.32. The van der Waals surface area contributed by atoms with Crippen LogP contribution in [0.15, 0.2) is 64.2 Å². The zero-order chi connectivity index (χ0) is 24.3. The monoisotopic (exact) mass is 484 g/mol. The zero-order valence-corrected chi connectivity index (χ0v) is 19.7. The molecule has 2 amide bonds. The van der Waals surface area contributed by atoms with E-state index >= 15 is 0 Å². The second-order valence-electron chi connectivity index (χ2n) is 7.85. The van der Waals surface area contributed by atoms with Crippen molar-refractivity contribution < 1.29 is 24.2 Å². The van der Waals surface area contributed by atoms with E-state index in [9.17, 15) is 19.5 Å². The van der Waals surface area contributed by atoms with Crippen molar-refractivity contribution in [3.05, 3.63) is 65.7 Å². The Hall–Kier alpha value is -3.53. The Morgan fingerprint density at radius 2 is 1.85 bits per heavy atom. The topological polar surface area (TPSA) is 129 Å². The molecule has 1 heterocycles. The molecule has 9 nitrogen and oxygen atoms in total. The predicted molar refractivity (Wildman–Crippen MR) is 130 cm³/mol. The maximum absolute atomic E-state index is 12.3. The third-order valence-electron chi connectivity index (χ3n) is 5.02. The van der Waals surface area contributed by atoms with Crippen LogP contribution in [0.25, 0.3) is 0 Å². The van der Waals surface area contributed by atoms with Gasteiger partial charge in [-0.25, -0.2) is 4.79 Å². The number of rotatable bonds is 11. The minimum Gasteiger partial charge on any atom is -0.489 e. The van der Waals surface area contributed by atoms with Gasteiger partial charge in [-0.2, -0.15) is 5.10 Å². The predicted octanol–water partition coefficient (Wildman–Crippen LogP) is 2.42. The number of benzene rings is 2. The number of amides is 2. The molecule has 1 fully saturated rings. The molecule has 1 saturated heterocycles. The fourth-order valence-electron chi connectivity index (χ4n) is 3.11. The summed E-state index contributed by atoms with van der Waals surface area (Å²) >= 11 is 0. The highest BCUT2D eigenvalue weighted by Gasteiger charge is 2.20. The second-order valence-corrected chi connectivity index (χ2v) is 9.51. The average Bonchev–Trinajstić information content (AvgIpc) is 3.26. The summed E-state index contributed by atoms with van der Waals surface area (Å²) in [5.74, 6) is 0.0203. The first-order valence-corrected chi connectivity index (χ1v) is 12.4. The smallest absolute Gasteiger partial charge is 0.326 e. The highest BCUT2D eigenvalue weighted by atomic mass is 32.2. The van der Waals surface area contributed by atoms with E-state index in [2.05, 4.69) is 20.2 Å². The Kier molecular flexibility index (Phi) is 9.33. The third kappa shape index (κ3) is 8.43. The SMILES string of the molecule is C/C(CCC(=O)NC(Cc1ccc(OCc2ccccc2)cc1)C(=O)O)=N\N=S1/CNC(=O)C1. The summed E-state index contributed by atoms with van der Waals surface area (Å²) < 4.78 is 9.88. The maximum Gasteiger partial charge on any atom is 0.326 e. The van der Waals surface area contributed by atoms with E-state index in [4.69, 9.17) is 4.74 Å².